The van der Waals surface area contributed by atoms with Crippen LogP contribution in [0.3, 0.4) is 0 Å². The van der Waals surface area contributed by atoms with Crippen molar-refractivity contribution in [2.75, 3.05) is 0 Å². The van der Waals surface area contributed by atoms with Crippen LogP contribution in [0.5, 0.6) is 11.5 Å². The fourth-order valence-electron chi connectivity index (χ4n) is 3.21. The Morgan fingerprint density at radius 3 is 2.53 bits per heavy atom. The largest absolute Gasteiger partial charge is 0.586 e. The molecule has 2 amide bonds. The average molecular weight is 443 g/mol. The topological polar surface area (TPSA) is 134 Å². The molecular formula is C21H15F2N3O6. The predicted molar refractivity (Wildman–Crippen MR) is 104 cm³/mol. The molecule has 1 aromatic heterocycles. The van der Waals surface area contributed by atoms with Crippen LogP contribution in [0.1, 0.15) is 15.9 Å². The lowest BCUT2D eigenvalue weighted by Gasteiger charge is -2.16. The maximum Gasteiger partial charge on any atom is 0.586 e. The number of carbonyl (C=O) groups excluding carboxylic acids is 3. The molecule has 0 saturated heterocycles. The number of halogens is 2. The van der Waals surface area contributed by atoms with Gasteiger partial charge in [-0.25, -0.2) is 0 Å². The van der Waals surface area contributed by atoms with Gasteiger partial charge in [0.25, 0.3) is 11.8 Å². The number of benzene rings is 2. The van der Waals surface area contributed by atoms with Crippen LogP contribution < -0.4 is 20.5 Å². The van der Waals surface area contributed by atoms with Crippen molar-refractivity contribution in [2.45, 2.75) is 18.8 Å². The summed E-state index contributed by atoms with van der Waals surface area (Å²) in [6.45, 7) is 0. The zero-order valence-corrected chi connectivity index (χ0v) is 16.2. The number of aromatic nitrogens is 1. The van der Waals surface area contributed by atoms with E-state index in [1.807, 2.05) is 0 Å². The Morgan fingerprint density at radius 1 is 1.06 bits per heavy atom. The van der Waals surface area contributed by atoms with E-state index in [9.17, 15) is 23.2 Å². The number of para-hydroxylation sites is 1. The number of hydrogen-bond donors (Lipinski definition) is 2. The third kappa shape index (κ3) is 4.13. The van der Waals surface area contributed by atoms with E-state index in [-0.39, 0.29) is 34.8 Å². The number of ether oxygens (including phenoxy) is 2. The first kappa shape index (κ1) is 21.0. The molecule has 1 unspecified atom stereocenters. The lowest BCUT2D eigenvalue weighted by molar-refractivity contribution is -0.286. The molecule has 2 heterocycles. The molecule has 0 spiro atoms. The zero-order valence-electron chi connectivity index (χ0n) is 16.2. The number of carbonyl (C=O) groups is 3. The molecule has 4 rings (SSSR count). The van der Waals surface area contributed by atoms with E-state index in [1.165, 1.54) is 18.2 Å². The van der Waals surface area contributed by atoms with Gasteiger partial charge in [-0.2, -0.15) is 0 Å². The third-order valence-electron chi connectivity index (χ3n) is 4.64. The molecule has 9 nitrogen and oxygen atoms in total. The van der Waals surface area contributed by atoms with Gasteiger partial charge in [0.2, 0.25) is 5.78 Å². The molecule has 11 heteroatoms. The minimum Gasteiger partial charge on any atom is -0.395 e. The van der Waals surface area contributed by atoms with Crippen molar-refractivity contribution in [1.29, 1.82) is 0 Å². The van der Waals surface area contributed by atoms with Crippen LogP contribution in [0.25, 0.3) is 11.3 Å². The van der Waals surface area contributed by atoms with E-state index in [1.54, 1.807) is 30.3 Å². The molecule has 3 aromatic rings. The Hall–Kier alpha value is -4.28. The van der Waals surface area contributed by atoms with Gasteiger partial charge >= 0.3 is 6.29 Å². The number of nitrogens with zero attached hydrogens (tertiary/aromatic N) is 1. The molecule has 3 N–H and O–H groups in total. The molecule has 2 aromatic carbocycles. The predicted octanol–water partition coefficient (Wildman–Crippen LogP) is 2.06. The Labute approximate surface area is 179 Å². The van der Waals surface area contributed by atoms with Crippen LogP contribution in [0.4, 0.5) is 8.78 Å². The number of alkyl halides is 2. The molecule has 1 aliphatic heterocycles. The van der Waals surface area contributed by atoms with Crippen LogP contribution in [-0.2, 0) is 16.0 Å². The first-order valence-corrected chi connectivity index (χ1v) is 9.27. The highest BCUT2D eigenvalue weighted by atomic mass is 19.3. The highest BCUT2D eigenvalue weighted by Crippen LogP contribution is 2.47. The molecule has 0 aliphatic carbocycles. The van der Waals surface area contributed by atoms with Gasteiger partial charge in [0, 0.05) is 6.42 Å². The SMILES string of the molecule is NC(=O)C(=O)C(Cc1ccccc1)NC(=O)c1cnoc1-c1cccc2c1OC(F)(F)O2. The summed E-state index contributed by atoms with van der Waals surface area (Å²) >= 11 is 0. The Morgan fingerprint density at radius 2 is 1.81 bits per heavy atom. The molecule has 0 radical (unpaired) electrons. The number of nitrogens with two attached hydrogens (primary N) is 1. The fraction of sp³-hybridized carbons (Fsp3) is 0.143. The third-order valence-corrected chi connectivity index (χ3v) is 4.64. The van der Waals surface area contributed by atoms with E-state index in [2.05, 4.69) is 19.9 Å². The molecule has 0 saturated carbocycles. The summed E-state index contributed by atoms with van der Waals surface area (Å²) in [5.74, 6) is -3.83. The van der Waals surface area contributed by atoms with Crippen LogP contribution in [-0.4, -0.2) is 35.1 Å². The Bertz CT molecular complexity index is 1200. The second-order valence-electron chi connectivity index (χ2n) is 6.81. The van der Waals surface area contributed by atoms with Crippen LogP contribution in [0.2, 0.25) is 0 Å². The second kappa shape index (κ2) is 8.10. The number of ketones is 1. The number of nitrogens with one attached hydrogen (secondary N) is 1. The van der Waals surface area contributed by atoms with Gasteiger partial charge in [0.15, 0.2) is 17.3 Å². The Kier molecular flexibility index (Phi) is 5.31. The number of hydrogen-bond acceptors (Lipinski definition) is 7. The standard InChI is InChI=1S/C21H15F2N3O6/c22-21(23)30-15-8-4-7-12(18(15)31-21)17-13(10-25-32-17)20(29)26-14(16(27)19(24)28)9-11-5-2-1-3-6-11/h1-8,10,14H,9H2,(H2,24,28)(H,26,29). The lowest BCUT2D eigenvalue weighted by Crippen LogP contribution is -2.47. The minimum absolute atomic E-state index is 0.00112. The van der Waals surface area contributed by atoms with Crippen LogP contribution >= 0.6 is 0 Å². The summed E-state index contributed by atoms with van der Waals surface area (Å²) in [5, 5.41) is 5.99. The summed E-state index contributed by atoms with van der Waals surface area (Å²) in [6, 6.07) is 11.4. The smallest absolute Gasteiger partial charge is 0.395 e. The molecule has 164 valence electrons. The van der Waals surface area contributed by atoms with Gasteiger partial charge < -0.3 is 25.0 Å². The first-order valence-electron chi connectivity index (χ1n) is 9.27. The monoisotopic (exact) mass is 443 g/mol. The van der Waals surface area contributed by atoms with Gasteiger partial charge in [-0.1, -0.05) is 41.6 Å². The van der Waals surface area contributed by atoms with E-state index in [4.69, 9.17) is 10.3 Å². The van der Waals surface area contributed by atoms with E-state index >= 15 is 0 Å². The number of Topliss-reactive ketones (excluding diaryl/α,β-unsaturated/α-hetero) is 1. The molecule has 1 atom stereocenters. The highest BCUT2D eigenvalue weighted by molar-refractivity contribution is 6.38. The van der Waals surface area contributed by atoms with Gasteiger partial charge in [0.1, 0.15) is 11.6 Å². The lowest BCUT2D eigenvalue weighted by atomic mass is 10.0. The molecule has 0 bridgehead atoms. The van der Waals surface area contributed by atoms with Gasteiger partial charge in [-0.15, -0.1) is 8.78 Å². The van der Waals surface area contributed by atoms with Crippen molar-refractivity contribution in [3.63, 3.8) is 0 Å². The normalized spacial score (nSPS) is 14.6. The number of primary amides is 1. The zero-order chi connectivity index (χ0) is 22.9. The molecule has 32 heavy (non-hydrogen) atoms. The van der Waals surface area contributed by atoms with Crippen molar-refractivity contribution >= 4 is 17.6 Å². The maximum absolute atomic E-state index is 13.5. The van der Waals surface area contributed by atoms with Crippen molar-refractivity contribution in [3.05, 3.63) is 65.9 Å². The summed E-state index contributed by atoms with van der Waals surface area (Å²) in [6.07, 6.45) is -2.83. The van der Waals surface area contributed by atoms with E-state index in [0.29, 0.717) is 5.56 Å². The summed E-state index contributed by atoms with van der Waals surface area (Å²) < 4.78 is 41.1. The van der Waals surface area contributed by atoms with Gasteiger partial charge in [0.05, 0.1) is 11.8 Å². The summed E-state index contributed by atoms with van der Waals surface area (Å²) in [7, 11) is 0. The molecule has 1 aliphatic rings. The van der Waals surface area contributed by atoms with Crippen molar-refractivity contribution in [2.24, 2.45) is 5.73 Å². The van der Waals surface area contributed by atoms with Crippen LogP contribution in [0, 0.1) is 0 Å². The summed E-state index contributed by atoms with van der Waals surface area (Å²) in [4.78, 5) is 36.7. The first-order chi connectivity index (χ1) is 15.2. The number of rotatable bonds is 7. The average Bonchev–Trinajstić information content (AvgIpc) is 3.36. The van der Waals surface area contributed by atoms with Gasteiger partial charge in [-0.3, -0.25) is 14.4 Å². The van der Waals surface area contributed by atoms with Crippen molar-refractivity contribution in [1.82, 2.24) is 10.5 Å². The van der Waals surface area contributed by atoms with Crippen LogP contribution in [0.15, 0.2) is 59.3 Å². The summed E-state index contributed by atoms with van der Waals surface area (Å²) in [5.41, 5.74) is 5.61. The molecule has 0 fully saturated rings. The quantitative estimate of drug-likeness (QED) is 0.534. The highest BCUT2D eigenvalue weighted by Gasteiger charge is 2.45. The van der Waals surface area contributed by atoms with E-state index in [0.717, 1.165) is 6.20 Å². The molecular weight excluding hydrogens is 428 g/mol. The Balaban J connectivity index is 1.63. The van der Waals surface area contributed by atoms with Crippen molar-refractivity contribution in [3.8, 4) is 22.8 Å². The number of fused-ring (bicyclic) bond motifs is 1. The van der Waals surface area contributed by atoms with Crippen molar-refractivity contribution < 1.29 is 37.2 Å². The van der Waals surface area contributed by atoms with E-state index < -0.39 is 29.9 Å². The fourth-order valence-corrected chi connectivity index (χ4v) is 3.21. The minimum atomic E-state index is -3.88. The van der Waals surface area contributed by atoms with Gasteiger partial charge in [-0.05, 0) is 17.7 Å². The maximum atomic E-state index is 13.5. The second-order valence-corrected chi connectivity index (χ2v) is 6.81. The number of amides is 2.